The zero-order valence-corrected chi connectivity index (χ0v) is 17.6. The topological polar surface area (TPSA) is 43.9 Å². The first kappa shape index (κ1) is 23.4. The van der Waals surface area contributed by atoms with Crippen LogP contribution in [0.5, 0.6) is 0 Å². The van der Waals surface area contributed by atoms with Crippen molar-refractivity contribution in [2.75, 3.05) is 49.9 Å². The van der Waals surface area contributed by atoms with E-state index < -0.39 is 0 Å². The molecule has 0 unspecified atom stereocenters. The van der Waals surface area contributed by atoms with Crippen LogP contribution in [0.3, 0.4) is 0 Å². The highest BCUT2D eigenvalue weighted by Crippen LogP contribution is 2.21. The lowest BCUT2D eigenvalue weighted by Gasteiger charge is -2.36. The van der Waals surface area contributed by atoms with E-state index >= 15 is 0 Å². The van der Waals surface area contributed by atoms with Crippen molar-refractivity contribution in [1.29, 1.82) is 0 Å². The minimum Gasteiger partial charge on any atom is -0.369 e. The van der Waals surface area contributed by atoms with E-state index in [2.05, 4.69) is 15.9 Å². The Morgan fingerprint density at radius 2 is 1.69 bits per heavy atom. The number of nitrogens with zero attached hydrogens (tertiary/aromatic N) is 3. The van der Waals surface area contributed by atoms with Gasteiger partial charge in [-0.3, -0.25) is 19.4 Å². The average molecular weight is 441 g/mol. The number of carbonyl (C=O) groups excluding carboxylic acids is 2. The van der Waals surface area contributed by atoms with Crippen LogP contribution in [-0.4, -0.2) is 66.0 Å². The molecule has 2 amide bonds. The maximum absolute atomic E-state index is 11.5. The van der Waals surface area contributed by atoms with E-state index in [1.165, 1.54) is 10.6 Å². The van der Waals surface area contributed by atoms with Crippen molar-refractivity contribution in [2.45, 2.75) is 12.8 Å². The third-order valence-corrected chi connectivity index (χ3v) is 5.59. The summed E-state index contributed by atoms with van der Waals surface area (Å²) in [6.07, 6.45) is 1.89. The second-order valence-corrected chi connectivity index (χ2v) is 7.48. The van der Waals surface area contributed by atoms with E-state index in [4.69, 9.17) is 11.6 Å². The number of halogens is 3. The fraction of sp³-hybridized carbons (Fsp3) is 0.529. The SMILES string of the molecule is Cl.Cl.O=C1CSC(=O)N1CCCCN1CCN(c2cccc(Cl)c2)CC1. The number of imide groups is 1. The van der Waals surface area contributed by atoms with Crippen LogP contribution in [0.2, 0.25) is 5.02 Å². The fourth-order valence-corrected chi connectivity index (χ4v) is 4.04. The van der Waals surface area contributed by atoms with Crippen LogP contribution in [0.1, 0.15) is 12.8 Å². The molecule has 146 valence electrons. The van der Waals surface area contributed by atoms with Gasteiger partial charge in [0, 0.05) is 43.4 Å². The van der Waals surface area contributed by atoms with Gasteiger partial charge in [-0.25, -0.2) is 0 Å². The van der Waals surface area contributed by atoms with Gasteiger partial charge in [0.25, 0.3) is 5.24 Å². The summed E-state index contributed by atoms with van der Waals surface area (Å²) < 4.78 is 0. The van der Waals surface area contributed by atoms with Gasteiger partial charge in [0.2, 0.25) is 5.91 Å². The highest BCUT2D eigenvalue weighted by Gasteiger charge is 2.29. The van der Waals surface area contributed by atoms with Crippen molar-refractivity contribution in [3.63, 3.8) is 0 Å². The number of piperazine rings is 1. The van der Waals surface area contributed by atoms with Gasteiger partial charge in [-0.1, -0.05) is 29.4 Å². The molecular weight excluding hydrogens is 417 g/mol. The first-order valence-corrected chi connectivity index (χ1v) is 9.70. The molecule has 0 spiro atoms. The van der Waals surface area contributed by atoms with Crippen molar-refractivity contribution < 1.29 is 9.59 Å². The highest BCUT2D eigenvalue weighted by molar-refractivity contribution is 8.14. The molecule has 0 bridgehead atoms. The summed E-state index contributed by atoms with van der Waals surface area (Å²) in [5, 5.41) is 0.689. The summed E-state index contributed by atoms with van der Waals surface area (Å²) >= 11 is 7.17. The largest absolute Gasteiger partial charge is 0.369 e. The van der Waals surface area contributed by atoms with Crippen molar-refractivity contribution in [3.8, 4) is 0 Å². The van der Waals surface area contributed by atoms with E-state index in [9.17, 15) is 9.59 Å². The number of hydrogen-bond acceptors (Lipinski definition) is 5. The lowest BCUT2D eigenvalue weighted by molar-refractivity contribution is -0.124. The van der Waals surface area contributed by atoms with E-state index in [1.54, 1.807) is 0 Å². The molecule has 0 aliphatic carbocycles. The number of thioether (sulfide) groups is 1. The molecule has 0 saturated carbocycles. The predicted octanol–water partition coefficient (Wildman–Crippen LogP) is 3.78. The van der Waals surface area contributed by atoms with E-state index in [1.807, 2.05) is 18.2 Å². The number of carbonyl (C=O) groups is 2. The third kappa shape index (κ3) is 6.20. The molecule has 2 heterocycles. The summed E-state index contributed by atoms with van der Waals surface area (Å²) in [4.78, 5) is 29.3. The van der Waals surface area contributed by atoms with Gasteiger partial charge in [-0.05, 0) is 37.6 Å². The molecule has 2 aliphatic rings. The average Bonchev–Trinajstić information content (AvgIpc) is 2.91. The minimum atomic E-state index is -0.0878. The zero-order valence-electron chi connectivity index (χ0n) is 14.4. The maximum atomic E-state index is 11.5. The molecule has 26 heavy (non-hydrogen) atoms. The third-order valence-electron chi connectivity index (χ3n) is 4.49. The number of anilines is 1. The van der Waals surface area contributed by atoms with E-state index in [-0.39, 0.29) is 36.0 Å². The van der Waals surface area contributed by atoms with Gasteiger partial charge >= 0.3 is 0 Å². The lowest BCUT2D eigenvalue weighted by atomic mass is 10.2. The van der Waals surface area contributed by atoms with Crippen LogP contribution in [0.15, 0.2) is 24.3 Å². The van der Waals surface area contributed by atoms with Crippen LogP contribution in [0.4, 0.5) is 10.5 Å². The summed E-state index contributed by atoms with van der Waals surface area (Å²) in [6, 6.07) is 8.00. The summed E-state index contributed by atoms with van der Waals surface area (Å²) in [5.74, 6) is 0.268. The van der Waals surface area contributed by atoms with Crippen molar-refractivity contribution in [1.82, 2.24) is 9.80 Å². The summed E-state index contributed by atoms with van der Waals surface area (Å²) in [5.41, 5.74) is 1.19. The van der Waals surface area contributed by atoms with Crippen LogP contribution in [-0.2, 0) is 4.79 Å². The second-order valence-electron chi connectivity index (χ2n) is 6.12. The molecule has 1 aromatic rings. The van der Waals surface area contributed by atoms with E-state index in [0.29, 0.717) is 12.3 Å². The van der Waals surface area contributed by atoms with Gasteiger partial charge in [0.1, 0.15) is 0 Å². The van der Waals surface area contributed by atoms with E-state index in [0.717, 1.165) is 62.3 Å². The van der Waals surface area contributed by atoms with Crippen LogP contribution < -0.4 is 4.90 Å². The van der Waals surface area contributed by atoms with Crippen LogP contribution in [0.25, 0.3) is 0 Å². The quantitative estimate of drug-likeness (QED) is 0.630. The Labute approximate surface area is 176 Å². The molecule has 3 rings (SSSR count). The van der Waals surface area contributed by atoms with Crippen molar-refractivity contribution in [2.24, 2.45) is 0 Å². The molecule has 5 nitrogen and oxygen atoms in total. The maximum Gasteiger partial charge on any atom is 0.288 e. The van der Waals surface area contributed by atoms with Crippen LogP contribution >= 0.6 is 48.2 Å². The Morgan fingerprint density at radius 1 is 1.00 bits per heavy atom. The highest BCUT2D eigenvalue weighted by atomic mass is 35.5. The second kappa shape index (κ2) is 11.2. The summed E-state index contributed by atoms with van der Waals surface area (Å²) in [6.45, 7) is 5.65. The molecule has 0 aromatic heterocycles. The fourth-order valence-electron chi connectivity index (χ4n) is 3.10. The Hall–Kier alpha value is -0.660. The number of hydrogen-bond donors (Lipinski definition) is 0. The first-order valence-electron chi connectivity index (χ1n) is 8.33. The lowest BCUT2D eigenvalue weighted by Crippen LogP contribution is -2.46. The molecule has 1 aromatic carbocycles. The molecule has 0 atom stereocenters. The number of benzene rings is 1. The standard InChI is InChI=1S/C17H22ClN3O2S.2ClH/c18-14-4-3-5-15(12-14)20-10-8-19(9-11-20)6-1-2-7-21-16(22)13-24-17(21)23;;/h3-5,12H,1-2,6-11,13H2;2*1H. The minimum absolute atomic E-state index is 0. The zero-order chi connectivity index (χ0) is 16.9. The summed E-state index contributed by atoms with van der Waals surface area (Å²) in [7, 11) is 0. The molecule has 9 heteroatoms. The van der Waals surface area contributed by atoms with Crippen molar-refractivity contribution in [3.05, 3.63) is 29.3 Å². The number of rotatable bonds is 6. The van der Waals surface area contributed by atoms with Gasteiger partial charge in [-0.15, -0.1) is 24.8 Å². The Kier molecular flexibility index (Phi) is 10.1. The number of amides is 2. The molecule has 2 fully saturated rings. The predicted molar refractivity (Wildman–Crippen MR) is 113 cm³/mol. The number of unbranched alkanes of at least 4 members (excludes halogenated alkanes) is 1. The Bertz CT molecular complexity index is 597. The molecule has 2 aliphatic heterocycles. The Balaban J connectivity index is 0.00000169. The first-order chi connectivity index (χ1) is 11.6. The Morgan fingerprint density at radius 3 is 2.31 bits per heavy atom. The van der Waals surface area contributed by atoms with Gasteiger partial charge in [0.05, 0.1) is 5.75 Å². The smallest absolute Gasteiger partial charge is 0.288 e. The van der Waals surface area contributed by atoms with Gasteiger partial charge in [0.15, 0.2) is 0 Å². The molecule has 0 radical (unpaired) electrons. The molecular formula is C17H24Cl3N3O2S. The van der Waals surface area contributed by atoms with Crippen molar-refractivity contribution >= 4 is 65.0 Å². The van der Waals surface area contributed by atoms with Gasteiger partial charge in [-0.2, -0.15) is 0 Å². The molecule has 0 N–H and O–H groups in total. The van der Waals surface area contributed by atoms with Gasteiger partial charge < -0.3 is 4.90 Å². The van der Waals surface area contributed by atoms with Crippen LogP contribution in [0, 0.1) is 0 Å². The normalized spacial score (nSPS) is 17.9. The monoisotopic (exact) mass is 439 g/mol. The molecule has 2 saturated heterocycles.